The van der Waals surface area contributed by atoms with Gasteiger partial charge in [-0.15, -0.1) is 0 Å². The SMILES string of the molecule is CC1(C)CCC(C#N)(C#N)CC1. The van der Waals surface area contributed by atoms with Crippen LogP contribution in [-0.4, -0.2) is 0 Å². The van der Waals surface area contributed by atoms with E-state index in [4.69, 9.17) is 10.5 Å². The van der Waals surface area contributed by atoms with Crippen LogP contribution in [0.3, 0.4) is 0 Å². The first-order valence-corrected chi connectivity index (χ1v) is 4.36. The predicted molar refractivity (Wildman–Crippen MR) is 45.9 cm³/mol. The molecule has 0 radical (unpaired) electrons. The zero-order valence-corrected chi connectivity index (χ0v) is 7.72. The van der Waals surface area contributed by atoms with E-state index in [0.717, 1.165) is 25.7 Å². The van der Waals surface area contributed by atoms with E-state index in [1.54, 1.807) is 0 Å². The molecule has 12 heavy (non-hydrogen) atoms. The van der Waals surface area contributed by atoms with Gasteiger partial charge in [0.1, 0.15) is 5.41 Å². The van der Waals surface area contributed by atoms with E-state index >= 15 is 0 Å². The summed E-state index contributed by atoms with van der Waals surface area (Å²) in [6.45, 7) is 4.40. The minimum Gasteiger partial charge on any atom is -0.197 e. The van der Waals surface area contributed by atoms with E-state index < -0.39 is 5.41 Å². The summed E-state index contributed by atoms with van der Waals surface area (Å²) in [6, 6.07) is 4.29. The normalized spacial score (nSPS) is 25.3. The molecule has 1 aliphatic carbocycles. The Hall–Kier alpha value is -1.02. The van der Waals surface area contributed by atoms with Crippen LogP contribution < -0.4 is 0 Å². The van der Waals surface area contributed by atoms with Crippen LogP contribution in [0.25, 0.3) is 0 Å². The van der Waals surface area contributed by atoms with Gasteiger partial charge in [-0.2, -0.15) is 10.5 Å². The number of nitrogens with zero attached hydrogens (tertiary/aromatic N) is 2. The molecule has 1 aliphatic rings. The molecule has 0 bridgehead atoms. The number of nitriles is 2. The van der Waals surface area contributed by atoms with Crippen molar-refractivity contribution in [2.75, 3.05) is 0 Å². The molecule has 0 spiro atoms. The summed E-state index contributed by atoms with van der Waals surface area (Å²) in [5.41, 5.74) is -0.341. The second kappa shape index (κ2) is 2.79. The topological polar surface area (TPSA) is 47.6 Å². The molecule has 0 atom stereocenters. The van der Waals surface area contributed by atoms with Crippen molar-refractivity contribution in [2.45, 2.75) is 39.5 Å². The summed E-state index contributed by atoms with van der Waals surface area (Å²) >= 11 is 0. The minimum atomic E-state index is -0.671. The predicted octanol–water partition coefficient (Wildman–Crippen LogP) is 2.62. The molecule has 1 fully saturated rings. The van der Waals surface area contributed by atoms with Gasteiger partial charge in [0.2, 0.25) is 0 Å². The molecular formula is C10H14N2. The van der Waals surface area contributed by atoms with Crippen LogP contribution >= 0.6 is 0 Å². The molecule has 2 nitrogen and oxygen atoms in total. The van der Waals surface area contributed by atoms with Crippen LogP contribution in [0.2, 0.25) is 0 Å². The highest BCUT2D eigenvalue weighted by atomic mass is 14.5. The van der Waals surface area contributed by atoms with Gasteiger partial charge >= 0.3 is 0 Å². The van der Waals surface area contributed by atoms with Crippen LogP contribution in [0.4, 0.5) is 0 Å². The van der Waals surface area contributed by atoms with Crippen LogP contribution in [0.5, 0.6) is 0 Å². The summed E-state index contributed by atoms with van der Waals surface area (Å²) in [6.07, 6.45) is 3.47. The fraction of sp³-hybridized carbons (Fsp3) is 0.800. The van der Waals surface area contributed by atoms with Crippen molar-refractivity contribution in [3.05, 3.63) is 0 Å². The molecular weight excluding hydrogens is 148 g/mol. The zero-order chi connectivity index (χ0) is 9.24. The molecule has 0 saturated heterocycles. The first kappa shape index (κ1) is 9.07. The van der Waals surface area contributed by atoms with Crippen LogP contribution in [0, 0.1) is 33.5 Å². The highest BCUT2D eigenvalue weighted by Crippen LogP contribution is 2.44. The highest BCUT2D eigenvalue weighted by Gasteiger charge is 2.38. The maximum absolute atomic E-state index is 8.84. The van der Waals surface area contributed by atoms with Crippen molar-refractivity contribution in [2.24, 2.45) is 10.8 Å². The lowest BCUT2D eigenvalue weighted by atomic mass is 9.66. The monoisotopic (exact) mass is 162 g/mol. The van der Waals surface area contributed by atoms with Crippen LogP contribution in [-0.2, 0) is 0 Å². The van der Waals surface area contributed by atoms with Crippen LogP contribution in [0.15, 0.2) is 0 Å². The fourth-order valence-electron chi connectivity index (χ4n) is 1.60. The van der Waals surface area contributed by atoms with Crippen molar-refractivity contribution >= 4 is 0 Å². The van der Waals surface area contributed by atoms with Gasteiger partial charge < -0.3 is 0 Å². The van der Waals surface area contributed by atoms with Gasteiger partial charge in [0, 0.05) is 0 Å². The molecule has 0 aromatic rings. The quantitative estimate of drug-likeness (QED) is 0.549. The highest BCUT2D eigenvalue weighted by molar-refractivity contribution is 5.15. The molecule has 0 N–H and O–H groups in total. The Morgan fingerprint density at radius 1 is 0.917 bits per heavy atom. The van der Waals surface area contributed by atoms with Gasteiger partial charge in [0.15, 0.2) is 0 Å². The number of hydrogen-bond donors (Lipinski definition) is 0. The Morgan fingerprint density at radius 3 is 1.67 bits per heavy atom. The Balaban J connectivity index is 2.70. The zero-order valence-electron chi connectivity index (χ0n) is 7.72. The number of rotatable bonds is 0. The first-order chi connectivity index (χ1) is 5.54. The Bertz CT molecular complexity index is 226. The molecule has 0 aromatic heterocycles. The lowest BCUT2D eigenvalue weighted by Gasteiger charge is -2.35. The summed E-state index contributed by atoms with van der Waals surface area (Å²) < 4.78 is 0. The van der Waals surface area contributed by atoms with Gasteiger partial charge in [-0.3, -0.25) is 0 Å². The van der Waals surface area contributed by atoms with E-state index in [9.17, 15) is 0 Å². The molecule has 1 rings (SSSR count). The average molecular weight is 162 g/mol. The average Bonchev–Trinajstić information content (AvgIpc) is 2.06. The first-order valence-electron chi connectivity index (χ1n) is 4.36. The van der Waals surface area contributed by atoms with Gasteiger partial charge in [0.05, 0.1) is 12.1 Å². The lowest BCUT2D eigenvalue weighted by Crippen LogP contribution is -2.28. The largest absolute Gasteiger partial charge is 0.197 e. The molecule has 2 heteroatoms. The molecule has 0 amide bonds. The third kappa shape index (κ3) is 1.59. The van der Waals surface area contributed by atoms with E-state index in [0.29, 0.717) is 5.41 Å². The maximum Gasteiger partial charge on any atom is 0.143 e. The fourth-order valence-corrected chi connectivity index (χ4v) is 1.60. The van der Waals surface area contributed by atoms with Gasteiger partial charge in [-0.1, -0.05) is 13.8 Å². The molecule has 1 saturated carbocycles. The van der Waals surface area contributed by atoms with Crippen molar-refractivity contribution in [3.63, 3.8) is 0 Å². The third-order valence-electron chi connectivity index (χ3n) is 2.89. The molecule has 0 aliphatic heterocycles. The summed E-state index contributed by atoms with van der Waals surface area (Å²) in [7, 11) is 0. The Kier molecular flexibility index (Phi) is 2.11. The Labute approximate surface area is 73.8 Å². The van der Waals surface area contributed by atoms with Gasteiger partial charge in [0.25, 0.3) is 0 Å². The molecule has 0 unspecified atom stereocenters. The van der Waals surface area contributed by atoms with Crippen molar-refractivity contribution in [1.29, 1.82) is 10.5 Å². The van der Waals surface area contributed by atoms with E-state index in [-0.39, 0.29) is 0 Å². The third-order valence-corrected chi connectivity index (χ3v) is 2.89. The van der Waals surface area contributed by atoms with Crippen molar-refractivity contribution < 1.29 is 0 Å². The minimum absolute atomic E-state index is 0.331. The lowest BCUT2D eigenvalue weighted by molar-refractivity contribution is 0.182. The van der Waals surface area contributed by atoms with E-state index in [2.05, 4.69) is 26.0 Å². The van der Waals surface area contributed by atoms with E-state index in [1.807, 2.05) is 0 Å². The molecule has 0 aromatic carbocycles. The second-order valence-corrected chi connectivity index (χ2v) is 4.47. The van der Waals surface area contributed by atoms with Crippen molar-refractivity contribution in [3.8, 4) is 12.1 Å². The van der Waals surface area contributed by atoms with Gasteiger partial charge in [-0.05, 0) is 31.1 Å². The molecule has 64 valence electrons. The maximum atomic E-state index is 8.84. The second-order valence-electron chi connectivity index (χ2n) is 4.47. The van der Waals surface area contributed by atoms with E-state index in [1.165, 1.54) is 0 Å². The molecule has 0 heterocycles. The Morgan fingerprint density at radius 2 is 1.33 bits per heavy atom. The smallest absolute Gasteiger partial charge is 0.143 e. The van der Waals surface area contributed by atoms with Crippen LogP contribution in [0.1, 0.15) is 39.5 Å². The number of hydrogen-bond acceptors (Lipinski definition) is 2. The summed E-state index contributed by atoms with van der Waals surface area (Å²) in [5.74, 6) is 0. The van der Waals surface area contributed by atoms with Crippen molar-refractivity contribution in [1.82, 2.24) is 0 Å². The standard InChI is InChI=1S/C10H14N2/c1-9(2)3-5-10(7-11,8-12)6-4-9/h3-6H2,1-2H3. The summed E-state index contributed by atoms with van der Waals surface area (Å²) in [4.78, 5) is 0. The summed E-state index contributed by atoms with van der Waals surface area (Å²) in [5, 5.41) is 17.7. The van der Waals surface area contributed by atoms with Gasteiger partial charge in [-0.25, -0.2) is 0 Å².